The molecule has 0 bridgehead atoms. The average Bonchev–Trinajstić information content (AvgIpc) is 2.85. The Morgan fingerprint density at radius 1 is 0.913 bits per heavy atom. The van der Waals surface area contributed by atoms with Crippen LogP contribution in [0.15, 0.2) is 36.4 Å². The Kier molecular flexibility index (Phi) is 4.14. The fourth-order valence-corrected chi connectivity index (χ4v) is 3.53. The Balaban J connectivity index is 2.15. The van der Waals surface area contributed by atoms with Gasteiger partial charge in [0.15, 0.2) is 0 Å². The monoisotopic (exact) mass is 307 g/mol. The van der Waals surface area contributed by atoms with Crippen molar-refractivity contribution in [2.45, 2.75) is 46.5 Å². The molecule has 1 aliphatic rings. The van der Waals surface area contributed by atoms with Gasteiger partial charge in [0.2, 0.25) is 0 Å². The molecule has 0 aromatic heterocycles. The van der Waals surface area contributed by atoms with Gasteiger partial charge in [-0.1, -0.05) is 58.0 Å². The third-order valence-electron chi connectivity index (χ3n) is 4.82. The zero-order valence-corrected chi connectivity index (χ0v) is 15.1. The van der Waals surface area contributed by atoms with Gasteiger partial charge >= 0.3 is 7.05 Å². The summed E-state index contributed by atoms with van der Waals surface area (Å²) in [6.45, 7) is 11.2. The highest BCUT2D eigenvalue weighted by Gasteiger charge is 2.40. The average molecular weight is 307 g/mol. The molecule has 1 heterocycles. The molecular weight excluding hydrogens is 281 g/mol. The Bertz CT molecular complexity index is 697. The van der Waals surface area contributed by atoms with E-state index in [0.29, 0.717) is 11.8 Å². The maximum absolute atomic E-state index is 6.44. The van der Waals surface area contributed by atoms with Crippen LogP contribution in [0.5, 0.6) is 5.75 Å². The Labute approximate surface area is 140 Å². The Morgan fingerprint density at radius 3 is 2.00 bits per heavy atom. The minimum Gasteiger partial charge on any atom is -0.536 e. The molecule has 0 saturated carbocycles. The molecule has 0 saturated heterocycles. The molecule has 3 rings (SSSR count). The number of benzene rings is 2. The minimum absolute atomic E-state index is 0.0397. The lowest BCUT2D eigenvalue weighted by Crippen LogP contribution is -2.50. The maximum Gasteiger partial charge on any atom is 0.519 e. The molecule has 0 amide bonds. The topological polar surface area (TPSA) is 12.5 Å². The van der Waals surface area contributed by atoms with Crippen molar-refractivity contribution in [2.24, 2.45) is 0 Å². The highest BCUT2D eigenvalue weighted by molar-refractivity contribution is 6.74. The number of nitrogens with zero attached hydrogens (tertiary/aromatic N) is 1. The molecule has 0 radical (unpaired) electrons. The molecule has 0 N–H and O–H groups in total. The van der Waals surface area contributed by atoms with E-state index in [1.165, 1.54) is 27.8 Å². The van der Waals surface area contributed by atoms with E-state index in [2.05, 4.69) is 82.9 Å². The number of hydrogen-bond acceptors (Lipinski definition) is 2. The zero-order valence-electron chi connectivity index (χ0n) is 15.1. The lowest BCUT2D eigenvalue weighted by molar-refractivity contribution is 0.596. The van der Waals surface area contributed by atoms with Crippen molar-refractivity contribution in [1.82, 2.24) is 0 Å². The summed E-state index contributed by atoms with van der Waals surface area (Å²) in [5, 5.41) is 0. The Hall–Kier alpha value is -1.90. The number of anilines is 1. The number of aryl methyl sites for hydroxylation is 1. The van der Waals surface area contributed by atoms with Crippen molar-refractivity contribution in [3.8, 4) is 5.75 Å². The van der Waals surface area contributed by atoms with Gasteiger partial charge in [-0.2, -0.15) is 0 Å². The highest BCUT2D eigenvalue weighted by atomic mass is 16.5. The van der Waals surface area contributed by atoms with Crippen molar-refractivity contribution in [3.05, 3.63) is 53.1 Å². The summed E-state index contributed by atoms with van der Waals surface area (Å²) in [4.78, 5) is 2.27. The molecule has 3 heteroatoms. The SMILES string of the molecule is Cc1cccc2c1OB(c1c(C(C)C)cccc1C(C)C)N2C. The van der Waals surface area contributed by atoms with Crippen LogP contribution in [0.1, 0.15) is 56.2 Å². The predicted octanol–water partition coefficient (Wildman–Crippen LogP) is 4.47. The zero-order chi connectivity index (χ0) is 16.7. The lowest BCUT2D eigenvalue weighted by Gasteiger charge is -2.25. The summed E-state index contributed by atoms with van der Waals surface area (Å²) in [6.07, 6.45) is 0. The van der Waals surface area contributed by atoms with Crippen molar-refractivity contribution < 1.29 is 4.65 Å². The van der Waals surface area contributed by atoms with Crippen LogP contribution in [0.2, 0.25) is 0 Å². The molecule has 120 valence electrons. The van der Waals surface area contributed by atoms with Crippen LogP contribution in [0.25, 0.3) is 0 Å². The lowest BCUT2D eigenvalue weighted by atomic mass is 9.64. The molecule has 1 aliphatic heterocycles. The van der Waals surface area contributed by atoms with Gasteiger partial charge < -0.3 is 9.47 Å². The molecule has 0 spiro atoms. The highest BCUT2D eigenvalue weighted by Crippen LogP contribution is 2.38. The van der Waals surface area contributed by atoms with E-state index in [1.54, 1.807) is 0 Å². The number of fused-ring (bicyclic) bond motifs is 1. The third kappa shape index (κ3) is 2.63. The van der Waals surface area contributed by atoms with E-state index in [1.807, 2.05) is 0 Å². The number of hydrogen-bond donors (Lipinski definition) is 0. The largest absolute Gasteiger partial charge is 0.536 e. The van der Waals surface area contributed by atoms with Crippen molar-refractivity contribution >= 4 is 18.2 Å². The van der Waals surface area contributed by atoms with Crippen LogP contribution in [-0.4, -0.2) is 14.1 Å². The normalized spacial score (nSPS) is 13.7. The summed E-state index contributed by atoms with van der Waals surface area (Å²) in [6, 6.07) is 13.1. The van der Waals surface area contributed by atoms with E-state index >= 15 is 0 Å². The molecule has 2 nitrogen and oxygen atoms in total. The second kappa shape index (κ2) is 5.95. The molecule has 0 fully saturated rings. The molecule has 0 unspecified atom stereocenters. The van der Waals surface area contributed by atoms with Gasteiger partial charge in [-0.05, 0) is 54.0 Å². The van der Waals surface area contributed by atoms with E-state index < -0.39 is 0 Å². The van der Waals surface area contributed by atoms with E-state index in [0.717, 1.165) is 5.75 Å². The summed E-state index contributed by atoms with van der Waals surface area (Å²) >= 11 is 0. The molecule has 0 aliphatic carbocycles. The summed E-state index contributed by atoms with van der Waals surface area (Å²) in [5.41, 5.74) is 6.50. The van der Waals surface area contributed by atoms with Crippen LogP contribution >= 0.6 is 0 Å². The van der Waals surface area contributed by atoms with E-state index in [9.17, 15) is 0 Å². The van der Waals surface area contributed by atoms with Crippen LogP contribution in [0.3, 0.4) is 0 Å². The summed E-state index contributed by atoms with van der Waals surface area (Å²) in [7, 11) is 2.10. The van der Waals surface area contributed by atoms with E-state index in [4.69, 9.17) is 4.65 Å². The van der Waals surface area contributed by atoms with Gasteiger partial charge in [0.05, 0.1) is 5.69 Å². The van der Waals surface area contributed by atoms with Gasteiger partial charge in [-0.3, -0.25) is 0 Å². The number of rotatable bonds is 3. The molecule has 2 aromatic carbocycles. The first-order chi connectivity index (χ1) is 10.9. The van der Waals surface area contributed by atoms with Crippen LogP contribution < -0.4 is 14.9 Å². The number of para-hydroxylation sites is 1. The molecule has 2 aromatic rings. The van der Waals surface area contributed by atoms with Gasteiger partial charge in [-0.25, -0.2) is 0 Å². The van der Waals surface area contributed by atoms with Gasteiger partial charge in [0.25, 0.3) is 0 Å². The minimum atomic E-state index is -0.0397. The standard InChI is InChI=1S/C20H26BNO/c1-13(2)16-10-8-11-17(14(3)4)19(16)21-22(6)18-12-7-9-15(5)20(18)23-21/h7-14H,1-6H3. The first kappa shape index (κ1) is 16.0. The van der Waals surface area contributed by atoms with Crippen LogP contribution in [0, 0.1) is 6.92 Å². The van der Waals surface area contributed by atoms with Crippen molar-refractivity contribution in [2.75, 3.05) is 11.9 Å². The fraction of sp³-hybridized carbons (Fsp3) is 0.400. The Morgan fingerprint density at radius 2 is 1.48 bits per heavy atom. The maximum atomic E-state index is 6.44. The van der Waals surface area contributed by atoms with Crippen molar-refractivity contribution in [3.63, 3.8) is 0 Å². The van der Waals surface area contributed by atoms with Gasteiger partial charge in [0, 0.05) is 0 Å². The van der Waals surface area contributed by atoms with Crippen LogP contribution in [-0.2, 0) is 0 Å². The van der Waals surface area contributed by atoms with Gasteiger partial charge in [-0.15, -0.1) is 0 Å². The second-order valence-corrected chi connectivity index (χ2v) is 7.16. The first-order valence-electron chi connectivity index (χ1n) is 8.53. The molecular formula is C20H26BNO. The van der Waals surface area contributed by atoms with E-state index in [-0.39, 0.29) is 7.05 Å². The van der Waals surface area contributed by atoms with Gasteiger partial charge in [0.1, 0.15) is 5.75 Å². The summed E-state index contributed by atoms with van der Waals surface area (Å²) in [5.74, 6) is 1.98. The van der Waals surface area contributed by atoms with Crippen molar-refractivity contribution in [1.29, 1.82) is 0 Å². The summed E-state index contributed by atoms with van der Waals surface area (Å²) < 4.78 is 6.44. The fourth-order valence-electron chi connectivity index (χ4n) is 3.53. The molecule has 0 atom stereocenters. The first-order valence-corrected chi connectivity index (χ1v) is 8.53. The van der Waals surface area contributed by atoms with Crippen LogP contribution in [0.4, 0.5) is 5.69 Å². The predicted molar refractivity (Wildman–Crippen MR) is 100 cm³/mol. The molecule has 23 heavy (non-hydrogen) atoms. The smallest absolute Gasteiger partial charge is 0.519 e. The third-order valence-corrected chi connectivity index (χ3v) is 4.82. The quantitative estimate of drug-likeness (QED) is 0.776. The second-order valence-electron chi connectivity index (χ2n) is 7.16.